The second kappa shape index (κ2) is 6.23. The highest BCUT2D eigenvalue weighted by atomic mass is 32.2. The molecule has 2 aromatic rings. The van der Waals surface area contributed by atoms with E-state index in [1.807, 2.05) is 13.8 Å². The molecule has 0 atom stereocenters. The molecule has 0 spiro atoms. The van der Waals surface area contributed by atoms with Crippen molar-refractivity contribution in [3.05, 3.63) is 51.2 Å². The second-order valence-corrected chi connectivity index (χ2v) is 8.40. The molecule has 0 saturated carbocycles. The van der Waals surface area contributed by atoms with Crippen molar-refractivity contribution < 1.29 is 12.8 Å². The average molecular weight is 327 g/mol. The van der Waals surface area contributed by atoms with E-state index in [0.29, 0.717) is 16.8 Å². The molecule has 0 fully saturated rings. The van der Waals surface area contributed by atoms with Gasteiger partial charge in [0.05, 0.1) is 22.2 Å². The van der Waals surface area contributed by atoms with Gasteiger partial charge in [0.2, 0.25) is 0 Å². The predicted octanol–water partition coefficient (Wildman–Crippen LogP) is 3.83. The lowest BCUT2D eigenvalue weighted by Gasteiger charge is -2.05. The Balaban J connectivity index is 2.12. The summed E-state index contributed by atoms with van der Waals surface area (Å²) >= 11 is 1.47. The molecule has 6 heteroatoms. The van der Waals surface area contributed by atoms with Gasteiger partial charge in [-0.15, -0.1) is 11.3 Å². The first-order valence-corrected chi connectivity index (χ1v) is 9.36. The van der Waals surface area contributed by atoms with Crippen LogP contribution in [0.3, 0.4) is 0 Å². The Kier molecular flexibility index (Phi) is 4.78. The quantitative estimate of drug-likeness (QED) is 0.838. The normalized spacial score (nSPS) is 12.0. The molecule has 21 heavy (non-hydrogen) atoms. The van der Waals surface area contributed by atoms with E-state index in [0.717, 1.165) is 5.01 Å². The minimum Gasteiger partial charge on any atom is -0.245 e. The van der Waals surface area contributed by atoms with Crippen molar-refractivity contribution in [3.63, 3.8) is 0 Å². The summed E-state index contributed by atoms with van der Waals surface area (Å²) in [5.74, 6) is -0.360. The van der Waals surface area contributed by atoms with Crippen LogP contribution < -0.4 is 0 Å². The fourth-order valence-electron chi connectivity index (χ4n) is 1.91. The van der Waals surface area contributed by atoms with Crippen molar-refractivity contribution in [3.8, 4) is 0 Å². The smallest absolute Gasteiger partial charge is 0.160 e. The monoisotopic (exact) mass is 327 g/mol. The van der Waals surface area contributed by atoms with E-state index in [4.69, 9.17) is 0 Å². The van der Waals surface area contributed by atoms with Crippen LogP contribution in [-0.2, 0) is 21.3 Å². The number of aromatic nitrogens is 1. The zero-order chi connectivity index (χ0) is 15.6. The van der Waals surface area contributed by atoms with Gasteiger partial charge < -0.3 is 0 Å². The lowest BCUT2D eigenvalue weighted by molar-refractivity contribution is 0.593. The molecular weight excluding hydrogens is 309 g/mol. The Morgan fingerprint density at radius 3 is 2.57 bits per heavy atom. The van der Waals surface area contributed by atoms with E-state index in [1.54, 1.807) is 24.4 Å². The first kappa shape index (κ1) is 16.1. The number of aryl methyl sites for hydroxylation is 1. The van der Waals surface area contributed by atoms with E-state index in [1.165, 1.54) is 17.4 Å². The third-order valence-corrected chi connectivity index (χ3v) is 5.76. The second-order valence-electron chi connectivity index (χ2n) is 5.45. The highest BCUT2D eigenvalue weighted by Crippen LogP contribution is 2.21. The van der Waals surface area contributed by atoms with Gasteiger partial charge in [-0.2, -0.15) is 0 Å². The maximum Gasteiger partial charge on any atom is 0.160 e. The summed E-state index contributed by atoms with van der Waals surface area (Å²) in [6.07, 6.45) is 0. The topological polar surface area (TPSA) is 47.0 Å². The molecule has 1 aromatic carbocycles. The zero-order valence-electron chi connectivity index (χ0n) is 12.3. The van der Waals surface area contributed by atoms with Crippen LogP contribution in [0.4, 0.5) is 4.39 Å². The molecule has 0 aliphatic heterocycles. The molecular formula is C15H18FNO2S2. The van der Waals surface area contributed by atoms with Crippen LogP contribution in [-0.4, -0.2) is 13.4 Å². The van der Waals surface area contributed by atoms with Crippen molar-refractivity contribution in [1.29, 1.82) is 0 Å². The molecule has 114 valence electrons. The summed E-state index contributed by atoms with van der Waals surface area (Å²) in [5, 5.41) is 2.71. The Morgan fingerprint density at radius 2 is 2.00 bits per heavy atom. The SMILES string of the molecule is Cc1ccc(CS(=O)(=O)Cc2csc(C(C)C)n2)cc1F. The van der Waals surface area contributed by atoms with Crippen LogP contribution in [0.2, 0.25) is 0 Å². The van der Waals surface area contributed by atoms with Gasteiger partial charge in [-0.3, -0.25) is 0 Å². The van der Waals surface area contributed by atoms with Gasteiger partial charge in [0.1, 0.15) is 5.82 Å². The van der Waals surface area contributed by atoms with Gasteiger partial charge in [-0.1, -0.05) is 26.0 Å². The largest absolute Gasteiger partial charge is 0.245 e. The molecule has 0 aliphatic rings. The van der Waals surface area contributed by atoms with Gasteiger partial charge in [-0.25, -0.2) is 17.8 Å². The van der Waals surface area contributed by atoms with Crippen molar-refractivity contribution >= 4 is 21.2 Å². The Labute approximate surface area is 128 Å². The fraction of sp³-hybridized carbons (Fsp3) is 0.400. The van der Waals surface area contributed by atoms with E-state index < -0.39 is 9.84 Å². The van der Waals surface area contributed by atoms with E-state index in [-0.39, 0.29) is 23.2 Å². The number of rotatable bonds is 5. The van der Waals surface area contributed by atoms with Gasteiger partial charge in [0.25, 0.3) is 0 Å². The molecule has 1 aromatic heterocycles. The molecule has 0 saturated heterocycles. The molecule has 0 aliphatic carbocycles. The van der Waals surface area contributed by atoms with Crippen LogP contribution in [0, 0.1) is 12.7 Å². The lowest BCUT2D eigenvalue weighted by atomic mass is 10.2. The van der Waals surface area contributed by atoms with Crippen LogP contribution in [0.15, 0.2) is 23.6 Å². The first-order valence-electron chi connectivity index (χ1n) is 6.66. The fourth-order valence-corrected chi connectivity index (χ4v) is 4.24. The van der Waals surface area contributed by atoms with E-state index >= 15 is 0 Å². The van der Waals surface area contributed by atoms with E-state index in [2.05, 4.69) is 4.98 Å². The van der Waals surface area contributed by atoms with Crippen molar-refractivity contribution in [2.45, 2.75) is 38.2 Å². The van der Waals surface area contributed by atoms with Gasteiger partial charge >= 0.3 is 0 Å². The standard InChI is InChI=1S/C15H18FNO2S2/c1-10(2)15-17-13(7-20-15)9-21(18,19)8-12-5-4-11(3)14(16)6-12/h4-7,10H,8-9H2,1-3H3. The molecule has 0 N–H and O–H groups in total. The Hall–Kier alpha value is -1.27. The minimum atomic E-state index is -3.35. The number of halogens is 1. The van der Waals surface area contributed by atoms with Crippen LogP contribution >= 0.6 is 11.3 Å². The van der Waals surface area contributed by atoms with Crippen molar-refractivity contribution in [1.82, 2.24) is 4.98 Å². The Morgan fingerprint density at radius 1 is 1.29 bits per heavy atom. The molecule has 3 nitrogen and oxygen atoms in total. The van der Waals surface area contributed by atoms with E-state index in [9.17, 15) is 12.8 Å². The number of nitrogens with zero attached hydrogens (tertiary/aromatic N) is 1. The third-order valence-electron chi connectivity index (χ3n) is 3.05. The van der Waals surface area contributed by atoms with Gasteiger partial charge in [0.15, 0.2) is 9.84 Å². The Bertz CT molecular complexity index is 736. The van der Waals surface area contributed by atoms with Crippen LogP contribution in [0.1, 0.15) is 41.6 Å². The van der Waals surface area contributed by atoms with Crippen LogP contribution in [0.25, 0.3) is 0 Å². The third kappa shape index (κ3) is 4.35. The number of sulfone groups is 1. The summed E-state index contributed by atoms with van der Waals surface area (Å²) in [5.41, 5.74) is 1.55. The maximum absolute atomic E-state index is 13.5. The molecule has 0 unspecified atom stereocenters. The molecule has 2 rings (SSSR count). The number of benzene rings is 1. The summed E-state index contributed by atoms with van der Waals surface area (Å²) in [7, 11) is -3.35. The number of thiazole rings is 1. The highest BCUT2D eigenvalue weighted by molar-refractivity contribution is 7.89. The molecule has 1 heterocycles. The lowest BCUT2D eigenvalue weighted by Crippen LogP contribution is -2.08. The first-order chi connectivity index (χ1) is 9.77. The van der Waals surface area contributed by atoms with Crippen LogP contribution in [0.5, 0.6) is 0 Å². The average Bonchev–Trinajstić information content (AvgIpc) is 2.81. The number of hydrogen-bond donors (Lipinski definition) is 0. The maximum atomic E-state index is 13.5. The predicted molar refractivity (Wildman–Crippen MR) is 83.7 cm³/mol. The molecule has 0 bridgehead atoms. The summed E-state index contributed by atoms with van der Waals surface area (Å²) in [6.45, 7) is 5.69. The number of hydrogen-bond acceptors (Lipinski definition) is 4. The van der Waals surface area contributed by atoms with Crippen molar-refractivity contribution in [2.24, 2.45) is 0 Å². The van der Waals surface area contributed by atoms with Gasteiger partial charge in [-0.05, 0) is 24.1 Å². The summed E-state index contributed by atoms with van der Waals surface area (Å²) in [6, 6.07) is 4.53. The van der Waals surface area contributed by atoms with Gasteiger partial charge in [0, 0.05) is 11.3 Å². The summed E-state index contributed by atoms with van der Waals surface area (Å²) < 4.78 is 37.8. The summed E-state index contributed by atoms with van der Waals surface area (Å²) in [4.78, 5) is 4.33. The molecule has 0 amide bonds. The minimum absolute atomic E-state index is 0.105. The zero-order valence-corrected chi connectivity index (χ0v) is 13.9. The molecule has 0 radical (unpaired) electrons. The van der Waals surface area contributed by atoms with Crippen molar-refractivity contribution in [2.75, 3.05) is 0 Å². The highest BCUT2D eigenvalue weighted by Gasteiger charge is 2.17.